The van der Waals surface area contributed by atoms with Gasteiger partial charge in [-0.1, -0.05) is 339 Å². The summed E-state index contributed by atoms with van der Waals surface area (Å²) in [5.74, 6) is -0.0597. The summed E-state index contributed by atoms with van der Waals surface area (Å²) >= 11 is 0. The summed E-state index contributed by atoms with van der Waals surface area (Å²) in [7, 11) is 0. The molecule has 0 aliphatic heterocycles. The fourth-order valence-electron chi connectivity index (χ4n) is 10.7. The van der Waals surface area contributed by atoms with Crippen LogP contribution in [0.2, 0.25) is 0 Å². The zero-order valence-corrected chi connectivity index (χ0v) is 51.3. The molecular weight excluding hydrogens is 935 g/mol. The number of aliphatic hydroxyl groups excluding tert-OH is 2. The van der Waals surface area contributed by atoms with Crippen LogP contribution in [0.3, 0.4) is 0 Å². The number of hydrogen-bond acceptors (Lipinski definition) is 5. The molecule has 0 heterocycles. The minimum atomic E-state index is -0.843. The highest BCUT2D eigenvalue weighted by Crippen LogP contribution is 2.19. The third-order valence-electron chi connectivity index (χ3n) is 15.9. The molecule has 6 heteroatoms. The summed E-state index contributed by atoms with van der Waals surface area (Å²) < 4.78 is 5.47. The summed E-state index contributed by atoms with van der Waals surface area (Å²) in [5, 5.41) is 23.2. The first-order valence-corrected chi connectivity index (χ1v) is 34.3. The van der Waals surface area contributed by atoms with E-state index >= 15 is 0 Å². The van der Waals surface area contributed by atoms with Gasteiger partial charge in [0.2, 0.25) is 5.91 Å². The molecule has 0 aromatic heterocycles. The van der Waals surface area contributed by atoms with E-state index in [0.717, 1.165) is 51.4 Å². The van der Waals surface area contributed by atoms with Gasteiger partial charge in [0.15, 0.2) is 0 Å². The highest BCUT2D eigenvalue weighted by molar-refractivity contribution is 5.76. The number of carbonyl (C=O) groups excluding carboxylic acids is 2. The second-order valence-corrected chi connectivity index (χ2v) is 23.5. The number of aliphatic hydroxyl groups is 2. The Labute approximate surface area is 474 Å². The first-order valence-electron chi connectivity index (χ1n) is 34.3. The summed E-state index contributed by atoms with van der Waals surface area (Å²) in [4.78, 5) is 24.5. The number of esters is 1. The van der Waals surface area contributed by atoms with Gasteiger partial charge in [-0.2, -0.15) is 0 Å². The van der Waals surface area contributed by atoms with Gasteiger partial charge >= 0.3 is 5.97 Å². The molecule has 0 rings (SSSR count). The Morgan fingerprint density at radius 2 is 0.684 bits per heavy atom. The molecule has 2 unspecified atom stereocenters. The molecule has 0 saturated heterocycles. The maximum atomic E-state index is 12.5. The normalized spacial score (nSPS) is 12.7. The Bertz CT molecular complexity index is 1230. The van der Waals surface area contributed by atoms with Gasteiger partial charge in [-0.15, -0.1) is 0 Å². The van der Waals surface area contributed by atoms with Crippen LogP contribution < -0.4 is 5.32 Å². The lowest BCUT2D eigenvalue weighted by atomic mass is 10.0. The van der Waals surface area contributed by atoms with E-state index in [-0.39, 0.29) is 18.5 Å². The largest absolute Gasteiger partial charge is 0.466 e. The Morgan fingerprint density at radius 3 is 1.05 bits per heavy atom. The molecule has 0 radical (unpaired) electrons. The van der Waals surface area contributed by atoms with Crippen molar-refractivity contribution in [2.45, 2.75) is 386 Å². The minimum absolute atomic E-state index is 0.00255. The summed E-state index contributed by atoms with van der Waals surface area (Å²) in [6.45, 7) is 4.87. The molecular formula is C70H133NO5. The van der Waals surface area contributed by atoms with E-state index in [1.165, 1.54) is 295 Å². The van der Waals surface area contributed by atoms with E-state index in [4.69, 9.17) is 4.74 Å². The van der Waals surface area contributed by atoms with E-state index < -0.39 is 12.1 Å². The van der Waals surface area contributed by atoms with Gasteiger partial charge in [0, 0.05) is 12.8 Å². The molecule has 3 N–H and O–H groups in total. The van der Waals surface area contributed by atoms with Gasteiger partial charge in [0.1, 0.15) is 0 Å². The number of amides is 1. The van der Waals surface area contributed by atoms with Crippen LogP contribution in [0.5, 0.6) is 0 Å². The Hall–Kier alpha value is -1.92. The first kappa shape index (κ1) is 74.1. The van der Waals surface area contributed by atoms with Gasteiger partial charge in [0.05, 0.1) is 25.4 Å². The molecule has 1 amide bonds. The predicted octanol–water partition coefficient (Wildman–Crippen LogP) is 21.9. The van der Waals surface area contributed by atoms with Crippen LogP contribution in [0.25, 0.3) is 0 Å². The maximum absolute atomic E-state index is 12.5. The molecule has 448 valence electrons. The molecule has 0 fully saturated rings. The third kappa shape index (κ3) is 61.3. The Morgan fingerprint density at radius 1 is 0.368 bits per heavy atom. The molecule has 0 aliphatic carbocycles. The average Bonchev–Trinajstić information content (AvgIpc) is 3.42. The van der Waals surface area contributed by atoms with Gasteiger partial charge in [-0.05, 0) is 57.8 Å². The lowest BCUT2D eigenvalue weighted by molar-refractivity contribution is -0.143. The fraction of sp³-hybridized carbons (Fsp3) is 0.886. The molecule has 6 nitrogen and oxygen atoms in total. The van der Waals surface area contributed by atoms with E-state index in [1.54, 1.807) is 6.08 Å². The number of ether oxygens (including phenoxy) is 1. The minimum Gasteiger partial charge on any atom is -0.466 e. The lowest BCUT2D eigenvalue weighted by Gasteiger charge is -2.20. The van der Waals surface area contributed by atoms with Crippen molar-refractivity contribution in [3.05, 3.63) is 36.5 Å². The van der Waals surface area contributed by atoms with Crippen molar-refractivity contribution >= 4 is 11.9 Å². The van der Waals surface area contributed by atoms with E-state index in [1.807, 2.05) is 6.08 Å². The van der Waals surface area contributed by atoms with Crippen molar-refractivity contribution in [2.75, 3.05) is 13.2 Å². The zero-order chi connectivity index (χ0) is 55.0. The van der Waals surface area contributed by atoms with Crippen molar-refractivity contribution in [1.29, 1.82) is 0 Å². The first-order chi connectivity index (χ1) is 37.5. The van der Waals surface area contributed by atoms with Crippen LogP contribution in [0, 0.1) is 0 Å². The molecule has 0 aliphatic rings. The Balaban J connectivity index is 3.38. The van der Waals surface area contributed by atoms with Crippen LogP contribution in [0.1, 0.15) is 373 Å². The van der Waals surface area contributed by atoms with Gasteiger partial charge < -0.3 is 20.3 Å². The quantitative estimate of drug-likeness (QED) is 0.0320. The smallest absolute Gasteiger partial charge is 0.305 e. The molecule has 0 spiro atoms. The van der Waals surface area contributed by atoms with Crippen LogP contribution in [-0.2, 0) is 14.3 Å². The number of hydrogen-bond donors (Lipinski definition) is 3. The summed E-state index contributed by atoms with van der Waals surface area (Å²) in [5.41, 5.74) is 0. The molecule has 2 atom stereocenters. The summed E-state index contributed by atoms with van der Waals surface area (Å²) in [6.07, 6.45) is 83.6. The summed E-state index contributed by atoms with van der Waals surface area (Å²) in [6, 6.07) is -0.627. The third-order valence-corrected chi connectivity index (χ3v) is 15.9. The van der Waals surface area contributed by atoms with Crippen LogP contribution >= 0.6 is 0 Å². The van der Waals surface area contributed by atoms with Crippen molar-refractivity contribution in [1.82, 2.24) is 5.32 Å². The SMILES string of the molecule is CCC/C=C\C/C=C\CCCCCCCC(=O)OCCCCCCCCCCCCCCCCCCCCCCCCCCCCCC(=O)NC(CO)C(O)/C=C/CCCCCCCCCCCCCCCCCCC. The van der Waals surface area contributed by atoms with Crippen LogP contribution in [0.15, 0.2) is 36.5 Å². The highest BCUT2D eigenvalue weighted by atomic mass is 16.5. The second kappa shape index (κ2) is 65.6. The number of nitrogens with one attached hydrogen (secondary N) is 1. The van der Waals surface area contributed by atoms with Crippen molar-refractivity contribution in [2.24, 2.45) is 0 Å². The zero-order valence-electron chi connectivity index (χ0n) is 51.3. The van der Waals surface area contributed by atoms with Crippen molar-refractivity contribution in [3.63, 3.8) is 0 Å². The van der Waals surface area contributed by atoms with E-state index in [9.17, 15) is 19.8 Å². The van der Waals surface area contributed by atoms with Gasteiger partial charge in [-0.25, -0.2) is 0 Å². The molecule has 0 bridgehead atoms. The predicted molar refractivity (Wildman–Crippen MR) is 333 cm³/mol. The van der Waals surface area contributed by atoms with Crippen molar-refractivity contribution in [3.8, 4) is 0 Å². The van der Waals surface area contributed by atoms with Crippen molar-refractivity contribution < 1.29 is 24.5 Å². The molecule has 0 aromatic carbocycles. The Kier molecular flexibility index (Phi) is 63.9. The fourth-order valence-corrected chi connectivity index (χ4v) is 10.7. The average molecular weight is 1070 g/mol. The second-order valence-electron chi connectivity index (χ2n) is 23.5. The monoisotopic (exact) mass is 1070 g/mol. The number of carbonyl (C=O) groups is 2. The topological polar surface area (TPSA) is 95.9 Å². The number of rotatable bonds is 64. The van der Waals surface area contributed by atoms with Crippen LogP contribution in [0.4, 0.5) is 0 Å². The lowest BCUT2D eigenvalue weighted by Crippen LogP contribution is -2.45. The van der Waals surface area contributed by atoms with E-state index in [0.29, 0.717) is 19.4 Å². The number of unbranched alkanes of at least 4 members (excludes halogenated alkanes) is 49. The molecule has 76 heavy (non-hydrogen) atoms. The van der Waals surface area contributed by atoms with E-state index in [2.05, 4.69) is 43.5 Å². The highest BCUT2D eigenvalue weighted by Gasteiger charge is 2.18. The standard InChI is InChI=1S/C70H133NO5/c1-3-5-7-9-11-13-15-17-18-19-29-32-35-39-42-46-50-54-58-62-68(73)67(66-72)71-69(74)63-59-55-51-47-43-40-36-33-30-27-25-23-21-20-22-24-26-28-31-34-37-41-45-49-53-57-61-65-76-70(75)64-60-56-52-48-44-38-16-14-12-10-8-6-4-2/h8,10,14,16,58,62,67-68,72-73H,3-7,9,11-13,15,17-57,59-61,63-66H2,1-2H3,(H,71,74)/b10-8-,16-14-,62-58+. The number of allylic oxidation sites excluding steroid dienone is 5. The molecule has 0 saturated carbocycles. The molecule has 0 aromatic rings. The van der Waals surface area contributed by atoms with Gasteiger partial charge in [-0.3, -0.25) is 9.59 Å². The van der Waals surface area contributed by atoms with Gasteiger partial charge in [0.25, 0.3) is 0 Å². The van der Waals surface area contributed by atoms with Crippen LogP contribution in [-0.4, -0.2) is 47.4 Å². The maximum Gasteiger partial charge on any atom is 0.305 e.